The van der Waals surface area contributed by atoms with Crippen LogP contribution in [0.4, 0.5) is 5.95 Å². The minimum absolute atomic E-state index is 0.407. The largest absolute Gasteiger partial charge is 0.487 e. The standard InChI is InChI=1S/C25H25ClN4O2/c1-30-24-11-18(10-19-14-31-15-19)4-9-23(24)29-25(30)28-12-17-2-7-22(8-3-17)32-16-21-6-5-20(26)13-27-21/h2-9,11,13,19H,10,12,14-16H2,1H3,(H,28,29). The first-order chi connectivity index (χ1) is 15.6. The van der Waals surface area contributed by atoms with Crippen LogP contribution in [-0.2, 0) is 31.4 Å². The number of rotatable bonds is 8. The Morgan fingerprint density at radius 1 is 1.09 bits per heavy atom. The number of pyridine rings is 1. The van der Waals surface area contributed by atoms with Gasteiger partial charge in [0.15, 0.2) is 0 Å². The van der Waals surface area contributed by atoms with Gasteiger partial charge in [0.25, 0.3) is 0 Å². The van der Waals surface area contributed by atoms with Gasteiger partial charge in [0.1, 0.15) is 12.4 Å². The van der Waals surface area contributed by atoms with Gasteiger partial charge in [-0.2, -0.15) is 0 Å². The van der Waals surface area contributed by atoms with E-state index in [1.54, 1.807) is 6.20 Å². The number of nitrogens with one attached hydrogen (secondary N) is 1. The van der Waals surface area contributed by atoms with E-state index in [9.17, 15) is 0 Å². The predicted molar refractivity (Wildman–Crippen MR) is 126 cm³/mol. The van der Waals surface area contributed by atoms with Gasteiger partial charge in [0.05, 0.1) is 35.0 Å². The number of aryl methyl sites for hydroxylation is 1. The molecule has 0 radical (unpaired) electrons. The third-order valence-electron chi connectivity index (χ3n) is 5.73. The molecule has 164 valence electrons. The summed E-state index contributed by atoms with van der Waals surface area (Å²) in [4.78, 5) is 9.00. The van der Waals surface area contributed by atoms with Crippen molar-refractivity contribution < 1.29 is 9.47 Å². The van der Waals surface area contributed by atoms with Crippen LogP contribution in [0.3, 0.4) is 0 Å². The highest BCUT2D eigenvalue weighted by atomic mass is 35.5. The van der Waals surface area contributed by atoms with Crippen LogP contribution in [-0.4, -0.2) is 27.7 Å². The maximum absolute atomic E-state index is 5.87. The molecule has 1 saturated heterocycles. The summed E-state index contributed by atoms with van der Waals surface area (Å²) in [5, 5.41) is 4.07. The number of ether oxygens (including phenoxy) is 2. The van der Waals surface area contributed by atoms with Gasteiger partial charge in [-0.15, -0.1) is 0 Å². The van der Waals surface area contributed by atoms with Crippen molar-refractivity contribution >= 4 is 28.6 Å². The summed E-state index contributed by atoms with van der Waals surface area (Å²) in [6.07, 6.45) is 2.69. The summed E-state index contributed by atoms with van der Waals surface area (Å²) >= 11 is 5.87. The Kier molecular flexibility index (Phi) is 5.97. The van der Waals surface area contributed by atoms with Gasteiger partial charge in [-0.25, -0.2) is 4.98 Å². The molecule has 0 atom stereocenters. The molecule has 6 nitrogen and oxygen atoms in total. The van der Waals surface area contributed by atoms with Gasteiger partial charge in [-0.05, 0) is 53.9 Å². The van der Waals surface area contributed by atoms with Crippen LogP contribution in [0.5, 0.6) is 5.75 Å². The molecular weight excluding hydrogens is 424 g/mol. The summed E-state index contributed by atoms with van der Waals surface area (Å²) in [5.41, 5.74) is 5.48. The first kappa shape index (κ1) is 20.8. The van der Waals surface area contributed by atoms with E-state index < -0.39 is 0 Å². The Hall–Kier alpha value is -3.09. The van der Waals surface area contributed by atoms with Crippen molar-refractivity contribution in [3.63, 3.8) is 0 Å². The van der Waals surface area contributed by atoms with E-state index in [2.05, 4.69) is 52.2 Å². The van der Waals surface area contributed by atoms with Crippen molar-refractivity contribution in [2.24, 2.45) is 13.0 Å². The third kappa shape index (κ3) is 4.71. The fraction of sp³-hybridized carbons (Fsp3) is 0.280. The quantitative estimate of drug-likeness (QED) is 0.411. The number of benzene rings is 2. The van der Waals surface area contributed by atoms with E-state index in [0.29, 0.717) is 24.1 Å². The monoisotopic (exact) mass is 448 g/mol. The summed E-state index contributed by atoms with van der Waals surface area (Å²) in [6, 6.07) is 18.3. The van der Waals surface area contributed by atoms with E-state index in [0.717, 1.165) is 53.6 Å². The number of aromatic nitrogens is 3. The summed E-state index contributed by atoms with van der Waals surface area (Å²) in [5.74, 6) is 2.31. The highest BCUT2D eigenvalue weighted by Crippen LogP contribution is 2.24. The zero-order valence-corrected chi connectivity index (χ0v) is 18.7. The van der Waals surface area contributed by atoms with Crippen LogP contribution < -0.4 is 10.1 Å². The number of hydrogen-bond donors (Lipinski definition) is 1. The second-order valence-corrected chi connectivity index (χ2v) is 8.62. The van der Waals surface area contributed by atoms with Gasteiger partial charge in [-0.1, -0.05) is 29.8 Å². The average Bonchev–Trinajstić information content (AvgIpc) is 3.10. The molecule has 1 aliphatic heterocycles. The molecule has 3 heterocycles. The average molecular weight is 449 g/mol. The molecule has 5 rings (SSSR count). The second-order valence-electron chi connectivity index (χ2n) is 8.18. The molecule has 7 heteroatoms. The van der Waals surface area contributed by atoms with Crippen molar-refractivity contribution in [1.29, 1.82) is 0 Å². The molecule has 0 aliphatic carbocycles. The molecule has 1 N–H and O–H groups in total. The molecular formula is C25H25ClN4O2. The number of fused-ring (bicyclic) bond motifs is 1. The van der Waals surface area contributed by atoms with Gasteiger partial charge in [0, 0.05) is 25.7 Å². The lowest BCUT2D eigenvalue weighted by molar-refractivity contribution is -0.0312. The highest BCUT2D eigenvalue weighted by molar-refractivity contribution is 6.30. The lowest BCUT2D eigenvalue weighted by Gasteiger charge is -2.25. The van der Waals surface area contributed by atoms with Crippen molar-refractivity contribution in [3.8, 4) is 5.75 Å². The minimum Gasteiger partial charge on any atom is -0.487 e. The first-order valence-electron chi connectivity index (χ1n) is 10.7. The Bertz CT molecular complexity index is 1200. The Labute approximate surface area is 192 Å². The SMILES string of the molecule is Cn1c(NCc2ccc(OCc3ccc(Cl)cn3)cc2)nc2ccc(CC3COC3)cc21. The zero-order chi connectivity index (χ0) is 21.9. The number of nitrogens with zero attached hydrogens (tertiary/aromatic N) is 3. The Morgan fingerprint density at radius 3 is 2.62 bits per heavy atom. The van der Waals surface area contributed by atoms with Gasteiger partial charge in [-0.3, -0.25) is 4.98 Å². The molecule has 0 amide bonds. The van der Waals surface area contributed by atoms with Gasteiger partial charge < -0.3 is 19.4 Å². The third-order valence-corrected chi connectivity index (χ3v) is 5.95. The molecule has 1 fully saturated rings. The fourth-order valence-electron chi connectivity index (χ4n) is 3.79. The Morgan fingerprint density at radius 2 is 1.91 bits per heavy atom. The smallest absolute Gasteiger partial charge is 0.203 e. The number of imidazole rings is 1. The summed E-state index contributed by atoms with van der Waals surface area (Å²) < 4.78 is 13.2. The van der Waals surface area contributed by atoms with Crippen molar-refractivity contribution in [1.82, 2.24) is 14.5 Å². The molecule has 0 spiro atoms. The van der Waals surface area contributed by atoms with Gasteiger partial charge >= 0.3 is 0 Å². The van der Waals surface area contributed by atoms with E-state index in [4.69, 9.17) is 26.1 Å². The molecule has 1 aliphatic rings. The maximum Gasteiger partial charge on any atom is 0.203 e. The highest BCUT2D eigenvalue weighted by Gasteiger charge is 2.19. The molecule has 4 aromatic rings. The summed E-state index contributed by atoms with van der Waals surface area (Å²) in [7, 11) is 2.05. The van der Waals surface area contributed by atoms with Crippen LogP contribution in [0, 0.1) is 5.92 Å². The molecule has 2 aromatic heterocycles. The van der Waals surface area contributed by atoms with Crippen LogP contribution in [0.2, 0.25) is 5.02 Å². The molecule has 2 aromatic carbocycles. The Balaban J connectivity index is 1.19. The van der Waals surface area contributed by atoms with E-state index >= 15 is 0 Å². The van der Waals surface area contributed by atoms with Crippen LogP contribution in [0.1, 0.15) is 16.8 Å². The number of hydrogen-bond acceptors (Lipinski definition) is 5. The van der Waals surface area contributed by atoms with Crippen molar-refractivity contribution in [2.75, 3.05) is 18.5 Å². The lowest BCUT2D eigenvalue weighted by atomic mass is 9.98. The van der Waals surface area contributed by atoms with Crippen LogP contribution in [0.25, 0.3) is 11.0 Å². The molecule has 0 unspecified atom stereocenters. The first-order valence-corrected chi connectivity index (χ1v) is 11.1. The number of halogens is 1. The van der Waals surface area contributed by atoms with Crippen molar-refractivity contribution in [3.05, 3.63) is 82.6 Å². The summed E-state index contributed by atoms with van der Waals surface area (Å²) in [6.45, 7) is 2.84. The second kappa shape index (κ2) is 9.18. The van der Waals surface area contributed by atoms with Crippen molar-refractivity contribution in [2.45, 2.75) is 19.6 Å². The van der Waals surface area contributed by atoms with E-state index in [-0.39, 0.29) is 0 Å². The normalized spacial score (nSPS) is 13.8. The topological polar surface area (TPSA) is 61.2 Å². The molecule has 32 heavy (non-hydrogen) atoms. The fourth-order valence-corrected chi connectivity index (χ4v) is 3.90. The lowest BCUT2D eigenvalue weighted by Crippen LogP contribution is -2.29. The number of anilines is 1. The maximum atomic E-state index is 5.87. The van der Waals surface area contributed by atoms with Crippen LogP contribution in [0.15, 0.2) is 60.8 Å². The molecule has 0 saturated carbocycles. The minimum atomic E-state index is 0.407. The zero-order valence-electron chi connectivity index (χ0n) is 17.9. The van der Waals surface area contributed by atoms with Gasteiger partial charge in [0.2, 0.25) is 5.95 Å². The van der Waals surface area contributed by atoms with E-state index in [1.165, 1.54) is 5.56 Å². The molecule has 0 bridgehead atoms. The van der Waals surface area contributed by atoms with Crippen LogP contribution >= 0.6 is 11.6 Å². The predicted octanol–water partition coefficient (Wildman–Crippen LogP) is 5.00. The van der Waals surface area contributed by atoms with E-state index in [1.807, 2.05) is 24.3 Å².